The van der Waals surface area contributed by atoms with Crippen LogP contribution in [0.25, 0.3) is 6.08 Å². The topological polar surface area (TPSA) is 0 Å². The quantitative estimate of drug-likeness (QED) is 0.651. The van der Waals surface area contributed by atoms with Crippen molar-refractivity contribution in [2.24, 2.45) is 0 Å². The molecule has 1 aliphatic carbocycles. The van der Waals surface area contributed by atoms with Crippen LogP contribution in [0.5, 0.6) is 0 Å². The van der Waals surface area contributed by atoms with Gasteiger partial charge in [0.2, 0.25) is 0 Å². The van der Waals surface area contributed by atoms with E-state index >= 15 is 0 Å². The lowest BCUT2D eigenvalue weighted by molar-refractivity contribution is 0.694. The zero-order chi connectivity index (χ0) is 11.4. The Bertz CT molecular complexity index is 390. The van der Waals surface area contributed by atoms with Crippen LogP contribution in [-0.4, -0.2) is 0 Å². The van der Waals surface area contributed by atoms with Gasteiger partial charge in [0.1, 0.15) is 0 Å². The van der Waals surface area contributed by atoms with E-state index in [1.807, 2.05) is 0 Å². The summed E-state index contributed by atoms with van der Waals surface area (Å²) in [5, 5.41) is 0. The normalized spacial score (nSPS) is 14.5. The van der Waals surface area contributed by atoms with Crippen LogP contribution in [0.2, 0.25) is 0 Å². The first-order valence-corrected chi connectivity index (χ1v) is 7.07. The highest BCUT2D eigenvalue weighted by molar-refractivity contribution is 9.10. The second kappa shape index (κ2) is 5.67. The Morgan fingerprint density at radius 1 is 1.19 bits per heavy atom. The van der Waals surface area contributed by atoms with Crippen molar-refractivity contribution in [1.82, 2.24) is 0 Å². The fourth-order valence-electron chi connectivity index (χ4n) is 2.32. The third kappa shape index (κ3) is 2.98. The largest absolute Gasteiger partial charge is 0.0693 e. The van der Waals surface area contributed by atoms with Gasteiger partial charge in [0.05, 0.1) is 0 Å². The van der Waals surface area contributed by atoms with Gasteiger partial charge >= 0.3 is 0 Å². The lowest BCUT2D eigenvalue weighted by atomic mass is 9.90. The van der Waals surface area contributed by atoms with Crippen LogP contribution in [0, 0.1) is 0 Å². The van der Waals surface area contributed by atoms with Crippen molar-refractivity contribution in [2.45, 2.75) is 45.4 Å². The van der Waals surface area contributed by atoms with Crippen molar-refractivity contribution in [2.75, 3.05) is 0 Å². The first-order valence-electron chi connectivity index (χ1n) is 6.27. The van der Waals surface area contributed by atoms with Crippen LogP contribution in [0.3, 0.4) is 0 Å². The molecule has 0 amide bonds. The van der Waals surface area contributed by atoms with E-state index in [2.05, 4.69) is 47.1 Å². The second-order valence-corrected chi connectivity index (χ2v) is 5.52. The standard InChI is InChI=1S/C15H19Br/c1-2-3-4-5-12-6-7-14-11-15(16)9-8-13(14)10-12/h8-11H,2-7H2,1H3. The molecule has 0 aliphatic heterocycles. The summed E-state index contributed by atoms with van der Waals surface area (Å²) in [5.74, 6) is 0. The lowest BCUT2D eigenvalue weighted by Crippen LogP contribution is -1.99. The fraction of sp³-hybridized carbons (Fsp3) is 0.467. The number of hydrogen-bond acceptors (Lipinski definition) is 0. The molecule has 1 aromatic rings. The van der Waals surface area contributed by atoms with Crippen molar-refractivity contribution < 1.29 is 0 Å². The molecule has 1 aliphatic rings. The summed E-state index contributed by atoms with van der Waals surface area (Å²) in [6, 6.07) is 6.64. The molecule has 0 unspecified atom stereocenters. The van der Waals surface area contributed by atoms with Gasteiger partial charge in [-0.15, -0.1) is 0 Å². The number of aryl methyl sites for hydroxylation is 1. The Labute approximate surface area is 107 Å². The summed E-state index contributed by atoms with van der Waals surface area (Å²) in [7, 11) is 0. The molecule has 0 nitrogen and oxygen atoms in total. The number of rotatable bonds is 4. The minimum atomic E-state index is 1.20. The number of allylic oxidation sites excluding steroid dienone is 1. The Balaban J connectivity index is 2.06. The van der Waals surface area contributed by atoms with Crippen molar-refractivity contribution in [3.63, 3.8) is 0 Å². The molecule has 0 radical (unpaired) electrons. The van der Waals surface area contributed by atoms with Crippen LogP contribution >= 0.6 is 15.9 Å². The minimum absolute atomic E-state index is 1.20. The number of fused-ring (bicyclic) bond motifs is 1. The molecule has 0 fully saturated rings. The maximum atomic E-state index is 3.54. The Hall–Kier alpha value is -0.560. The molecule has 0 N–H and O–H groups in total. The van der Waals surface area contributed by atoms with E-state index in [1.165, 1.54) is 54.1 Å². The highest BCUT2D eigenvalue weighted by Gasteiger charge is 2.10. The third-order valence-corrected chi connectivity index (χ3v) is 3.77. The molecule has 2 rings (SSSR count). The van der Waals surface area contributed by atoms with Gasteiger partial charge < -0.3 is 0 Å². The molecule has 0 saturated carbocycles. The molecular weight excluding hydrogens is 260 g/mol. The maximum Gasteiger partial charge on any atom is 0.0178 e. The highest BCUT2D eigenvalue weighted by Crippen LogP contribution is 2.28. The predicted molar refractivity (Wildman–Crippen MR) is 74.6 cm³/mol. The van der Waals surface area contributed by atoms with Gasteiger partial charge in [0.25, 0.3) is 0 Å². The van der Waals surface area contributed by atoms with Crippen LogP contribution in [-0.2, 0) is 6.42 Å². The molecular formula is C15H19Br. The molecule has 0 atom stereocenters. The Morgan fingerprint density at radius 3 is 2.88 bits per heavy atom. The van der Waals surface area contributed by atoms with Gasteiger partial charge in [-0.3, -0.25) is 0 Å². The molecule has 1 aromatic carbocycles. The van der Waals surface area contributed by atoms with E-state index in [1.54, 1.807) is 5.57 Å². The summed E-state index contributed by atoms with van der Waals surface area (Å²) in [6.07, 6.45) is 10.2. The first kappa shape index (κ1) is 11.9. The van der Waals surface area contributed by atoms with Crippen molar-refractivity contribution >= 4 is 22.0 Å². The molecule has 1 heteroatoms. The van der Waals surface area contributed by atoms with Crippen LogP contribution in [0.1, 0.15) is 50.2 Å². The summed E-state index contributed by atoms with van der Waals surface area (Å²) >= 11 is 3.54. The summed E-state index contributed by atoms with van der Waals surface area (Å²) < 4.78 is 1.20. The minimum Gasteiger partial charge on any atom is -0.0693 e. The molecule has 86 valence electrons. The average Bonchev–Trinajstić information content (AvgIpc) is 2.29. The first-order chi connectivity index (χ1) is 7.79. The van der Waals surface area contributed by atoms with Gasteiger partial charge in [0.15, 0.2) is 0 Å². The van der Waals surface area contributed by atoms with E-state index in [0.29, 0.717) is 0 Å². The van der Waals surface area contributed by atoms with Gasteiger partial charge in [-0.05, 0) is 48.9 Å². The smallest absolute Gasteiger partial charge is 0.0178 e. The van der Waals surface area contributed by atoms with Gasteiger partial charge in [-0.25, -0.2) is 0 Å². The van der Waals surface area contributed by atoms with E-state index in [0.717, 1.165) is 0 Å². The van der Waals surface area contributed by atoms with Crippen LogP contribution < -0.4 is 0 Å². The SMILES string of the molecule is CCCCCC1=Cc2ccc(Br)cc2CC1. The van der Waals surface area contributed by atoms with Crippen LogP contribution in [0.15, 0.2) is 28.2 Å². The highest BCUT2D eigenvalue weighted by atomic mass is 79.9. The molecule has 16 heavy (non-hydrogen) atoms. The van der Waals surface area contributed by atoms with Gasteiger partial charge in [-0.2, -0.15) is 0 Å². The Morgan fingerprint density at radius 2 is 2.06 bits per heavy atom. The zero-order valence-electron chi connectivity index (χ0n) is 9.93. The van der Waals surface area contributed by atoms with E-state index in [4.69, 9.17) is 0 Å². The lowest BCUT2D eigenvalue weighted by Gasteiger charge is -2.16. The number of hydrogen-bond donors (Lipinski definition) is 0. The summed E-state index contributed by atoms with van der Waals surface area (Å²) in [6.45, 7) is 2.27. The summed E-state index contributed by atoms with van der Waals surface area (Å²) in [4.78, 5) is 0. The van der Waals surface area contributed by atoms with E-state index < -0.39 is 0 Å². The van der Waals surface area contributed by atoms with Crippen LogP contribution in [0.4, 0.5) is 0 Å². The zero-order valence-corrected chi connectivity index (χ0v) is 11.5. The average molecular weight is 279 g/mol. The third-order valence-electron chi connectivity index (χ3n) is 3.28. The predicted octanol–water partition coefficient (Wildman–Crippen LogP) is 5.36. The van der Waals surface area contributed by atoms with E-state index in [9.17, 15) is 0 Å². The van der Waals surface area contributed by atoms with Gasteiger partial charge in [0, 0.05) is 4.47 Å². The molecule has 0 saturated heterocycles. The van der Waals surface area contributed by atoms with E-state index in [-0.39, 0.29) is 0 Å². The fourth-order valence-corrected chi connectivity index (χ4v) is 2.73. The molecule has 0 aromatic heterocycles. The van der Waals surface area contributed by atoms with Crippen molar-refractivity contribution in [3.8, 4) is 0 Å². The van der Waals surface area contributed by atoms with Crippen molar-refractivity contribution in [3.05, 3.63) is 39.4 Å². The monoisotopic (exact) mass is 278 g/mol. The molecule has 0 bridgehead atoms. The number of benzene rings is 1. The number of halogens is 1. The van der Waals surface area contributed by atoms with Crippen molar-refractivity contribution in [1.29, 1.82) is 0 Å². The number of unbranched alkanes of at least 4 members (excludes halogenated alkanes) is 2. The Kier molecular flexibility index (Phi) is 4.22. The van der Waals surface area contributed by atoms with Gasteiger partial charge in [-0.1, -0.05) is 53.4 Å². The molecule has 0 spiro atoms. The summed E-state index contributed by atoms with van der Waals surface area (Å²) in [5.41, 5.74) is 4.57. The maximum absolute atomic E-state index is 3.54. The molecule has 0 heterocycles. The second-order valence-electron chi connectivity index (χ2n) is 4.60.